The summed E-state index contributed by atoms with van der Waals surface area (Å²) < 4.78 is 0. The molecule has 1 aliphatic carbocycles. The van der Waals surface area contributed by atoms with Crippen molar-refractivity contribution in [3.05, 3.63) is 0 Å². The van der Waals surface area contributed by atoms with E-state index in [0.717, 1.165) is 12.8 Å². The molecule has 1 atom stereocenters. The molecule has 1 fully saturated rings. The van der Waals surface area contributed by atoms with Crippen LogP contribution in [-0.4, -0.2) is 0 Å². The van der Waals surface area contributed by atoms with Gasteiger partial charge in [-0.05, 0) is 25.2 Å². The second kappa shape index (κ2) is 6.33. The molecule has 2 nitrogen and oxygen atoms in total. The molecule has 0 radical (unpaired) electrons. The fourth-order valence-corrected chi connectivity index (χ4v) is 2.24. The van der Waals surface area contributed by atoms with E-state index in [9.17, 15) is 0 Å². The molecule has 0 aliphatic heterocycles. The lowest BCUT2D eigenvalue weighted by molar-refractivity contribution is 0.282. The van der Waals surface area contributed by atoms with Crippen LogP contribution in [0.15, 0.2) is 0 Å². The van der Waals surface area contributed by atoms with Crippen molar-refractivity contribution >= 4 is 0 Å². The number of nitrogens with two attached hydrogens (primary N) is 1. The summed E-state index contributed by atoms with van der Waals surface area (Å²) >= 11 is 0. The summed E-state index contributed by atoms with van der Waals surface area (Å²) in [6.07, 6.45) is 8.06. The SMILES string of the molecule is N#CC(CCC#CN)C1CCCCC1. The second-order valence-corrected chi connectivity index (χ2v) is 3.99. The molecule has 2 N–H and O–H groups in total. The normalized spacial score (nSPS) is 19.1. The Morgan fingerprint density at radius 2 is 2.00 bits per heavy atom. The zero-order chi connectivity index (χ0) is 10.2. The van der Waals surface area contributed by atoms with Crippen LogP contribution >= 0.6 is 0 Å². The van der Waals surface area contributed by atoms with E-state index < -0.39 is 0 Å². The predicted molar refractivity (Wildman–Crippen MR) is 56.9 cm³/mol. The van der Waals surface area contributed by atoms with Crippen LogP contribution < -0.4 is 5.73 Å². The van der Waals surface area contributed by atoms with Gasteiger partial charge in [-0.15, -0.1) is 0 Å². The van der Waals surface area contributed by atoms with Gasteiger partial charge in [0.25, 0.3) is 0 Å². The Morgan fingerprint density at radius 1 is 1.29 bits per heavy atom. The van der Waals surface area contributed by atoms with E-state index in [2.05, 4.69) is 18.0 Å². The third kappa shape index (κ3) is 3.30. The molecular formula is C12H18N2. The van der Waals surface area contributed by atoms with E-state index in [1.54, 1.807) is 0 Å². The van der Waals surface area contributed by atoms with E-state index in [4.69, 9.17) is 11.0 Å². The van der Waals surface area contributed by atoms with Gasteiger partial charge in [0.2, 0.25) is 0 Å². The third-order valence-corrected chi connectivity index (χ3v) is 3.07. The number of nitrogens with zero attached hydrogens (tertiary/aromatic N) is 1. The minimum atomic E-state index is 0.205. The zero-order valence-electron chi connectivity index (χ0n) is 8.63. The first-order chi connectivity index (χ1) is 6.88. The Kier molecular flexibility index (Phi) is 4.94. The predicted octanol–water partition coefficient (Wildman–Crippen LogP) is 2.41. The second-order valence-electron chi connectivity index (χ2n) is 3.99. The molecule has 0 amide bonds. The highest BCUT2D eigenvalue weighted by Crippen LogP contribution is 2.31. The highest BCUT2D eigenvalue weighted by atomic mass is 14.5. The first kappa shape index (κ1) is 10.9. The van der Waals surface area contributed by atoms with Crippen LogP contribution in [0.5, 0.6) is 0 Å². The van der Waals surface area contributed by atoms with Crippen molar-refractivity contribution in [2.24, 2.45) is 17.6 Å². The van der Waals surface area contributed by atoms with Crippen LogP contribution in [0.4, 0.5) is 0 Å². The lowest BCUT2D eigenvalue weighted by atomic mass is 9.79. The first-order valence-corrected chi connectivity index (χ1v) is 5.46. The summed E-state index contributed by atoms with van der Waals surface area (Å²) in [4.78, 5) is 0. The lowest BCUT2D eigenvalue weighted by Crippen LogP contribution is -2.16. The summed E-state index contributed by atoms with van der Waals surface area (Å²) in [5, 5.41) is 9.05. The van der Waals surface area contributed by atoms with E-state index >= 15 is 0 Å². The van der Waals surface area contributed by atoms with E-state index in [1.807, 2.05) is 0 Å². The van der Waals surface area contributed by atoms with Gasteiger partial charge in [0, 0.05) is 12.5 Å². The Labute approximate surface area is 86.5 Å². The minimum absolute atomic E-state index is 0.205. The molecule has 1 rings (SSSR count). The van der Waals surface area contributed by atoms with Crippen molar-refractivity contribution in [3.63, 3.8) is 0 Å². The fraction of sp³-hybridized carbons (Fsp3) is 0.750. The topological polar surface area (TPSA) is 49.8 Å². The summed E-state index contributed by atoms with van der Waals surface area (Å²) in [6.45, 7) is 0. The molecule has 0 spiro atoms. The fourth-order valence-electron chi connectivity index (χ4n) is 2.24. The Hall–Kier alpha value is -1.15. The Morgan fingerprint density at radius 3 is 2.57 bits per heavy atom. The van der Waals surface area contributed by atoms with Gasteiger partial charge in [-0.2, -0.15) is 5.26 Å². The number of rotatable bonds is 3. The van der Waals surface area contributed by atoms with Crippen LogP contribution in [0.1, 0.15) is 44.9 Å². The number of hydrogen-bond acceptors (Lipinski definition) is 2. The largest absolute Gasteiger partial charge is 0.359 e. The maximum Gasteiger partial charge on any atom is 0.0659 e. The molecule has 76 valence electrons. The van der Waals surface area contributed by atoms with Gasteiger partial charge >= 0.3 is 0 Å². The van der Waals surface area contributed by atoms with Crippen molar-refractivity contribution in [1.82, 2.24) is 0 Å². The monoisotopic (exact) mass is 190 g/mol. The summed E-state index contributed by atoms with van der Waals surface area (Å²) in [6, 6.07) is 4.81. The van der Waals surface area contributed by atoms with Crippen LogP contribution in [0, 0.1) is 35.1 Å². The zero-order valence-corrected chi connectivity index (χ0v) is 8.63. The molecule has 14 heavy (non-hydrogen) atoms. The van der Waals surface area contributed by atoms with Gasteiger partial charge in [-0.1, -0.05) is 25.2 Å². The summed E-state index contributed by atoms with van der Waals surface area (Å²) in [5.74, 6) is 3.65. The van der Waals surface area contributed by atoms with E-state index in [-0.39, 0.29) is 5.92 Å². The molecule has 2 heteroatoms. The van der Waals surface area contributed by atoms with E-state index in [0.29, 0.717) is 5.92 Å². The molecule has 0 aromatic carbocycles. The third-order valence-electron chi connectivity index (χ3n) is 3.07. The van der Waals surface area contributed by atoms with Crippen LogP contribution in [0.25, 0.3) is 0 Å². The molecule has 0 saturated heterocycles. The van der Waals surface area contributed by atoms with Gasteiger partial charge < -0.3 is 5.73 Å². The maximum absolute atomic E-state index is 9.05. The number of hydrogen-bond donors (Lipinski definition) is 1. The van der Waals surface area contributed by atoms with Crippen LogP contribution in [0.2, 0.25) is 0 Å². The van der Waals surface area contributed by atoms with E-state index in [1.165, 1.54) is 32.1 Å². The highest BCUT2D eigenvalue weighted by molar-refractivity contribution is 4.97. The Balaban J connectivity index is 2.35. The standard InChI is InChI=1S/C12H18N2/c13-9-5-4-8-12(10-14)11-6-2-1-3-7-11/h11-12H,1-4,6-8,13H2. The average Bonchev–Trinajstić information content (AvgIpc) is 2.26. The smallest absolute Gasteiger partial charge is 0.0659 e. The van der Waals surface area contributed by atoms with Gasteiger partial charge in [-0.3, -0.25) is 0 Å². The molecule has 0 heterocycles. The molecule has 1 unspecified atom stereocenters. The molecule has 0 aromatic rings. The summed E-state index contributed by atoms with van der Waals surface area (Å²) in [7, 11) is 0. The highest BCUT2D eigenvalue weighted by Gasteiger charge is 2.22. The summed E-state index contributed by atoms with van der Waals surface area (Å²) in [5.41, 5.74) is 5.09. The lowest BCUT2D eigenvalue weighted by Gasteiger charge is -2.25. The molecule has 0 bridgehead atoms. The van der Waals surface area contributed by atoms with Crippen molar-refractivity contribution < 1.29 is 0 Å². The van der Waals surface area contributed by atoms with Crippen LogP contribution in [-0.2, 0) is 0 Å². The Bertz CT molecular complexity index is 248. The van der Waals surface area contributed by atoms with Crippen molar-refractivity contribution in [2.45, 2.75) is 44.9 Å². The molecular weight excluding hydrogens is 172 g/mol. The van der Waals surface area contributed by atoms with Gasteiger partial charge in [0.1, 0.15) is 0 Å². The molecule has 1 saturated carbocycles. The van der Waals surface area contributed by atoms with Crippen molar-refractivity contribution in [3.8, 4) is 18.0 Å². The average molecular weight is 190 g/mol. The van der Waals surface area contributed by atoms with Gasteiger partial charge in [-0.25, -0.2) is 0 Å². The molecule has 0 aromatic heterocycles. The maximum atomic E-state index is 9.05. The van der Waals surface area contributed by atoms with Crippen molar-refractivity contribution in [1.29, 1.82) is 5.26 Å². The first-order valence-electron chi connectivity index (χ1n) is 5.46. The minimum Gasteiger partial charge on any atom is -0.359 e. The van der Waals surface area contributed by atoms with Gasteiger partial charge in [0.05, 0.1) is 12.0 Å². The van der Waals surface area contributed by atoms with Gasteiger partial charge in [0.15, 0.2) is 0 Å². The molecule has 1 aliphatic rings. The van der Waals surface area contributed by atoms with Crippen LogP contribution in [0.3, 0.4) is 0 Å². The quantitative estimate of drug-likeness (QED) is 0.549. The number of nitriles is 1. The van der Waals surface area contributed by atoms with Crippen molar-refractivity contribution in [2.75, 3.05) is 0 Å².